The van der Waals surface area contributed by atoms with E-state index in [9.17, 15) is 13.2 Å². The molecule has 0 saturated carbocycles. The zero-order valence-corrected chi connectivity index (χ0v) is 16.7. The van der Waals surface area contributed by atoms with Gasteiger partial charge < -0.3 is 0 Å². The predicted molar refractivity (Wildman–Crippen MR) is 116 cm³/mol. The number of aromatic nitrogens is 1. The van der Waals surface area contributed by atoms with Crippen LogP contribution in [0.15, 0.2) is 78.9 Å². The third-order valence-corrected chi connectivity index (χ3v) is 5.28. The third-order valence-electron chi connectivity index (χ3n) is 5.28. The molecule has 1 aromatic heterocycles. The summed E-state index contributed by atoms with van der Waals surface area (Å²) in [7, 11) is 0. The van der Waals surface area contributed by atoms with Gasteiger partial charge in [0, 0.05) is 10.9 Å². The van der Waals surface area contributed by atoms with E-state index in [4.69, 9.17) is 0 Å². The molecule has 152 valence electrons. The van der Waals surface area contributed by atoms with Gasteiger partial charge in [-0.3, -0.25) is 0 Å². The largest absolute Gasteiger partial charge is 0.417 e. The van der Waals surface area contributed by atoms with Crippen molar-refractivity contribution < 1.29 is 13.2 Å². The first-order chi connectivity index (χ1) is 14.5. The van der Waals surface area contributed by atoms with Crippen LogP contribution in [0.2, 0.25) is 0 Å². The number of aryl methyl sites for hydroxylation is 1. The maximum absolute atomic E-state index is 13.8. The fourth-order valence-electron chi connectivity index (χ4n) is 3.69. The molecule has 30 heavy (non-hydrogen) atoms. The van der Waals surface area contributed by atoms with Gasteiger partial charge in [-0.2, -0.15) is 13.2 Å². The quantitative estimate of drug-likeness (QED) is 0.328. The normalized spacial score (nSPS) is 11.7. The Morgan fingerprint density at radius 2 is 1.63 bits per heavy atom. The number of hydrogen-bond acceptors (Lipinski definition) is 1. The molecule has 0 unspecified atom stereocenters. The smallest absolute Gasteiger partial charge is 0.248 e. The molecule has 0 aliphatic heterocycles. The SMILES string of the molecule is CCCCc1cccc(-c2cc(-c3ccc4ccccc4n3)ccc2C(F)(F)F)c1. The van der Waals surface area contributed by atoms with Crippen molar-refractivity contribution in [1.29, 1.82) is 0 Å². The number of rotatable bonds is 5. The monoisotopic (exact) mass is 405 g/mol. The highest BCUT2D eigenvalue weighted by Crippen LogP contribution is 2.39. The number of para-hydroxylation sites is 1. The molecule has 4 rings (SSSR count). The molecule has 4 aromatic rings. The van der Waals surface area contributed by atoms with E-state index < -0.39 is 11.7 Å². The Hall–Kier alpha value is -3.14. The molecule has 1 nitrogen and oxygen atoms in total. The van der Waals surface area contributed by atoms with E-state index in [-0.39, 0.29) is 5.56 Å². The standard InChI is InChI=1S/C26H22F3N/c1-2-3-7-18-8-6-10-20(16-18)22-17-21(12-14-23(22)26(27,28)29)25-15-13-19-9-4-5-11-24(19)30-25/h4-6,8-17H,2-3,7H2,1H3. The summed E-state index contributed by atoms with van der Waals surface area (Å²) >= 11 is 0. The summed E-state index contributed by atoms with van der Waals surface area (Å²) in [5.74, 6) is 0. The Balaban J connectivity index is 1.83. The van der Waals surface area contributed by atoms with Gasteiger partial charge in [0.2, 0.25) is 0 Å². The van der Waals surface area contributed by atoms with Crippen molar-refractivity contribution in [2.45, 2.75) is 32.4 Å². The van der Waals surface area contributed by atoms with Gasteiger partial charge in [-0.15, -0.1) is 0 Å². The minimum Gasteiger partial charge on any atom is -0.248 e. The fourth-order valence-corrected chi connectivity index (χ4v) is 3.69. The van der Waals surface area contributed by atoms with Crippen molar-refractivity contribution >= 4 is 10.9 Å². The molecule has 1 heterocycles. The van der Waals surface area contributed by atoms with Crippen LogP contribution in [-0.2, 0) is 12.6 Å². The Kier molecular flexibility index (Phi) is 5.58. The van der Waals surface area contributed by atoms with E-state index in [0.29, 0.717) is 16.8 Å². The van der Waals surface area contributed by atoms with E-state index in [1.54, 1.807) is 12.1 Å². The van der Waals surface area contributed by atoms with Crippen LogP contribution in [0.5, 0.6) is 0 Å². The van der Waals surface area contributed by atoms with Crippen molar-refractivity contribution in [3.05, 3.63) is 90.0 Å². The number of hydrogen-bond donors (Lipinski definition) is 0. The van der Waals surface area contributed by atoms with Crippen molar-refractivity contribution in [2.75, 3.05) is 0 Å². The van der Waals surface area contributed by atoms with Crippen molar-refractivity contribution in [3.8, 4) is 22.4 Å². The molecule has 0 fully saturated rings. The molecule has 0 radical (unpaired) electrons. The van der Waals surface area contributed by atoms with E-state index in [1.807, 2.05) is 54.6 Å². The number of fused-ring (bicyclic) bond motifs is 1. The van der Waals surface area contributed by atoms with Gasteiger partial charge in [0.05, 0.1) is 16.8 Å². The first-order valence-corrected chi connectivity index (χ1v) is 10.1. The summed E-state index contributed by atoms with van der Waals surface area (Å²) in [5, 5.41) is 0.997. The van der Waals surface area contributed by atoms with Gasteiger partial charge in [0.1, 0.15) is 0 Å². The highest BCUT2D eigenvalue weighted by Gasteiger charge is 2.33. The molecule has 0 N–H and O–H groups in total. The number of halogens is 3. The Labute approximate surface area is 174 Å². The summed E-state index contributed by atoms with van der Waals surface area (Å²) in [6, 6.07) is 23.2. The van der Waals surface area contributed by atoms with Crippen LogP contribution < -0.4 is 0 Å². The van der Waals surface area contributed by atoms with Crippen LogP contribution in [0.3, 0.4) is 0 Å². The molecule has 0 atom stereocenters. The first-order valence-electron chi connectivity index (χ1n) is 10.1. The summed E-state index contributed by atoms with van der Waals surface area (Å²) in [5.41, 5.74) is 3.34. The summed E-state index contributed by atoms with van der Waals surface area (Å²) in [6.45, 7) is 2.10. The molecule has 0 spiro atoms. The highest BCUT2D eigenvalue weighted by atomic mass is 19.4. The molecule has 0 bridgehead atoms. The zero-order valence-electron chi connectivity index (χ0n) is 16.7. The second kappa shape index (κ2) is 8.31. The molecule has 4 heteroatoms. The maximum atomic E-state index is 13.8. The molecule has 0 amide bonds. The van der Waals surface area contributed by atoms with Crippen molar-refractivity contribution in [2.24, 2.45) is 0 Å². The van der Waals surface area contributed by atoms with Gasteiger partial charge in [0.25, 0.3) is 0 Å². The van der Waals surface area contributed by atoms with E-state index in [2.05, 4.69) is 11.9 Å². The summed E-state index contributed by atoms with van der Waals surface area (Å²) < 4.78 is 41.3. The van der Waals surface area contributed by atoms with Crippen LogP contribution >= 0.6 is 0 Å². The molecule has 0 aliphatic rings. The molecule has 0 saturated heterocycles. The summed E-state index contributed by atoms with van der Waals surface area (Å²) in [4.78, 5) is 4.65. The highest BCUT2D eigenvalue weighted by molar-refractivity contribution is 5.82. The minimum absolute atomic E-state index is 0.188. The molecular weight excluding hydrogens is 383 g/mol. The maximum Gasteiger partial charge on any atom is 0.417 e. The lowest BCUT2D eigenvalue weighted by Crippen LogP contribution is -2.07. The molecule has 0 aliphatic carbocycles. The second-order valence-corrected chi connectivity index (χ2v) is 7.45. The number of nitrogens with zero attached hydrogens (tertiary/aromatic N) is 1. The Morgan fingerprint density at radius 3 is 2.43 bits per heavy atom. The van der Waals surface area contributed by atoms with Gasteiger partial charge in [-0.1, -0.05) is 67.9 Å². The van der Waals surface area contributed by atoms with Crippen molar-refractivity contribution in [1.82, 2.24) is 4.98 Å². The lowest BCUT2D eigenvalue weighted by atomic mass is 9.93. The van der Waals surface area contributed by atoms with E-state index >= 15 is 0 Å². The van der Waals surface area contributed by atoms with Gasteiger partial charge in [0.15, 0.2) is 0 Å². The van der Waals surface area contributed by atoms with Crippen molar-refractivity contribution in [3.63, 3.8) is 0 Å². The predicted octanol–water partition coefficient (Wildman–Crippen LogP) is 7.93. The zero-order chi connectivity index (χ0) is 21.1. The van der Waals surface area contributed by atoms with Crippen LogP contribution in [0.1, 0.15) is 30.9 Å². The Bertz CT molecular complexity index is 1180. The van der Waals surface area contributed by atoms with Crippen LogP contribution in [0.25, 0.3) is 33.3 Å². The minimum atomic E-state index is -4.43. The molecular formula is C26H22F3N. The van der Waals surface area contributed by atoms with Crippen LogP contribution in [-0.4, -0.2) is 4.98 Å². The number of alkyl halides is 3. The third kappa shape index (κ3) is 4.23. The van der Waals surface area contributed by atoms with Gasteiger partial charge in [-0.05, 0) is 53.8 Å². The summed E-state index contributed by atoms with van der Waals surface area (Å²) in [6.07, 6.45) is -1.51. The van der Waals surface area contributed by atoms with Crippen LogP contribution in [0.4, 0.5) is 13.2 Å². The number of unbranched alkanes of at least 4 members (excludes halogenated alkanes) is 1. The van der Waals surface area contributed by atoms with E-state index in [0.717, 1.165) is 35.7 Å². The molecule has 3 aromatic carbocycles. The van der Waals surface area contributed by atoms with Crippen LogP contribution in [0, 0.1) is 0 Å². The lowest BCUT2D eigenvalue weighted by Gasteiger charge is -2.16. The number of pyridine rings is 1. The Morgan fingerprint density at radius 1 is 0.800 bits per heavy atom. The lowest BCUT2D eigenvalue weighted by molar-refractivity contribution is -0.137. The van der Waals surface area contributed by atoms with Gasteiger partial charge in [-0.25, -0.2) is 4.98 Å². The van der Waals surface area contributed by atoms with E-state index in [1.165, 1.54) is 12.1 Å². The fraction of sp³-hybridized carbons (Fsp3) is 0.192. The average molecular weight is 405 g/mol. The topological polar surface area (TPSA) is 12.9 Å². The first kappa shape index (κ1) is 20.1. The second-order valence-electron chi connectivity index (χ2n) is 7.45. The average Bonchev–Trinajstić information content (AvgIpc) is 2.76. The number of benzene rings is 3. The van der Waals surface area contributed by atoms with Gasteiger partial charge >= 0.3 is 6.18 Å².